The maximum absolute atomic E-state index is 13.8. The number of halogens is 2. The number of hydrogen-bond acceptors (Lipinski definition) is 3. The molecule has 7 heteroatoms. The second-order valence-corrected chi connectivity index (χ2v) is 6.57. The standard InChI is InChI=1S/C18H25F2N3O2/c1-11(15-9-8-13(19)10-16(15)20)21-12(2)17(24)23-18(25)22-14-6-4-3-5-7-14/h8-12,14,21H,3-7H2,1-2H3,(H2,22,23,24,25)/t11-,12+/m0/s1. The van der Waals surface area contributed by atoms with Crippen molar-refractivity contribution in [3.63, 3.8) is 0 Å². The van der Waals surface area contributed by atoms with Crippen LogP contribution in [0.3, 0.4) is 0 Å². The molecule has 1 aliphatic rings. The molecule has 25 heavy (non-hydrogen) atoms. The summed E-state index contributed by atoms with van der Waals surface area (Å²) in [5.74, 6) is -1.83. The van der Waals surface area contributed by atoms with Crippen molar-refractivity contribution in [2.45, 2.75) is 64.1 Å². The first-order valence-electron chi connectivity index (χ1n) is 8.69. The first-order valence-corrected chi connectivity index (χ1v) is 8.69. The van der Waals surface area contributed by atoms with Crippen LogP contribution < -0.4 is 16.0 Å². The van der Waals surface area contributed by atoms with Crippen molar-refractivity contribution < 1.29 is 18.4 Å². The van der Waals surface area contributed by atoms with E-state index in [1.807, 2.05) is 0 Å². The first-order chi connectivity index (χ1) is 11.9. The number of amides is 3. The molecule has 0 aromatic heterocycles. The lowest BCUT2D eigenvalue weighted by molar-refractivity contribution is -0.121. The predicted molar refractivity (Wildman–Crippen MR) is 90.9 cm³/mol. The van der Waals surface area contributed by atoms with Crippen molar-refractivity contribution >= 4 is 11.9 Å². The lowest BCUT2D eigenvalue weighted by Gasteiger charge is -2.24. The van der Waals surface area contributed by atoms with Crippen molar-refractivity contribution in [1.82, 2.24) is 16.0 Å². The lowest BCUT2D eigenvalue weighted by Crippen LogP contribution is -2.50. The van der Waals surface area contributed by atoms with Gasteiger partial charge in [-0.15, -0.1) is 0 Å². The van der Waals surface area contributed by atoms with Crippen LogP contribution in [0.4, 0.5) is 13.6 Å². The molecule has 1 saturated carbocycles. The molecule has 0 radical (unpaired) electrons. The summed E-state index contributed by atoms with van der Waals surface area (Å²) in [6.07, 6.45) is 5.19. The molecule has 0 unspecified atom stereocenters. The van der Waals surface area contributed by atoms with E-state index in [0.29, 0.717) is 0 Å². The van der Waals surface area contributed by atoms with Crippen molar-refractivity contribution in [2.75, 3.05) is 0 Å². The molecule has 1 aromatic carbocycles. The van der Waals surface area contributed by atoms with Crippen LogP contribution in [0.25, 0.3) is 0 Å². The lowest BCUT2D eigenvalue weighted by atomic mass is 9.96. The van der Waals surface area contributed by atoms with E-state index in [4.69, 9.17) is 0 Å². The number of imide groups is 1. The van der Waals surface area contributed by atoms with Gasteiger partial charge in [-0.3, -0.25) is 15.4 Å². The zero-order valence-corrected chi connectivity index (χ0v) is 14.6. The highest BCUT2D eigenvalue weighted by molar-refractivity contribution is 5.96. The third-order valence-corrected chi connectivity index (χ3v) is 4.50. The minimum atomic E-state index is -0.712. The molecule has 3 N–H and O–H groups in total. The number of urea groups is 1. The maximum atomic E-state index is 13.8. The van der Waals surface area contributed by atoms with Gasteiger partial charge in [-0.25, -0.2) is 13.6 Å². The van der Waals surface area contributed by atoms with E-state index in [9.17, 15) is 18.4 Å². The number of carbonyl (C=O) groups is 2. The molecule has 0 saturated heterocycles. The van der Waals surface area contributed by atoms with Crippen molar-refractivity contribution in [1.29, 1.82) is 0 Å². The molecule has 1 aromatic rings. The number of hydrogen-bond donors (Lipinski definition) is 3. The molecule has 0 spiro atoms. The second-order valence-electron chi connectivity index (χ2n) is 6.57. The molecule has 0 bridgehead atoms. The van der Waals surface area contributed by atoms with Gasteiger partial charge in [-0.2, -0.15) is 0 Å². The van der Waals surface area contributed by atoms with Gasteiger partial charge < -0.3 is 5.32 Å². The Hall–Kier alpha value is -2.02. The monoisotopic (exact) mass is 353 g/mol. The Labute approximate surface area is 146 Å². The highest BCUT2D eigenvalue weighted by Gasteiger charge is 2.22. The summed E-state index contributed by atoms with van der Waals surface area (Å²) in [7, 11) is 0. The molecule has 2 atom stereocenters. The van der Waals surface area contributed by atoms with E-state index in [1.165, 1.54) is 18.6 Å². The summed E-state index contributed by atoms with van der Waals surface area (Å²) in [4.78, 5) is 24.0. The van der Waals surface area contributed by atoms with Gasteiger partial charge >= 0.3 is 6.03 Å². The van der Waals surface area contributed by atoms with Crippen molar-refractivity contribution in [2.24, 2.45) is 0 Å². The minimum absolute atomic E-state index is 0.108. The smallest absolute Gasteiger partial charge is 0.321 e. The Morgan fingerprint density at radius 3 is 2.44 bits per heavy atom. The molecule has 5 nitrogen and oxygen atoms in total. The summed E-state index contributed by atoms with van der Waals surface area (Å²) in [6.45, 7) is 3.25. The molecule has 1 aliphatic carbocycles. The molecular formula is C18H25F2N3O2. The van der Waals surface area contributed by atoms with Crippen LogP contribution in [-0.2, 0) is 4.79 Å². The number of nitrogens with one attached hydrogen (secondary N) is 3. The largest absolute Gasteiger partial charge is 0.335 e. The average Bonchev–Trinajstić information content (AvgIpc) is 2.55. The van der Waals surface area contributed by atoms with Crippen LogP contribution in [0.15, 0.2) is 18.2 Å². The van der Waals surface area contributed by atoms with Gasteiger partial charge in [0.25, 0.3) is 0 Å². The number of carbonyl (C=O) groups excluding carboxylic acids is 2. The zero-order chi connectivity index (χ0) is 18.4. The Morgan fingerprint density at radius 1 is 1.12 bits per heavy atom. The molecule has 0 heterocycles. The first kappa shape index (κ1) is 19.3. The SMILES string of the molecule is C[C@H](N[C@H](C)C(=O)NC(=O)NC1CCCCC1)c1ccc(F)cc1F. The van der Waals surface area contributed by atoms with Crippen LogP contribution in [0.5, 0.6) is 0 Å². The minimum Gasteiger partial charge on any atom is -0.335 e. The quantitative estimate of drug-likeness (QED) is 0.761. The molecule has 2 rings (SSSR count). The average molecular weight is 353 g/mol. The van der Waals surface area contributed by atoms with Crippen molar-refractivity contribution in [3.8, 4) is 0 Å². The van der Waals surface area contributed by atoms with E-state index < -0.39 is 35.7 Å². The van der Waals surface area contributed by atoms with E-state index in [2.05, 4.69) is 16.0 Å². The van der Waals surface area contributed by atoms with Gasteiger partial charge in [0.05, 0.1) is 6.04 Å². The van der Waals surface area contributed by atoms with E-state index in [1.54, 1.807) is 13.8 Å². The van der Waals surface area contributed by atoms with Crippen LogP contribution in [-0.4, -0.2) is 24.0 Å². The summed E-state index contributed by atoms with van der Waals surface area (Å²) in [5, 5.41) is 8.02. The Balaban J connectivity index is 1.83. The van der Waals surface area contributed by atoms with Crippen molar-refractivity contribution in [3.05, 3.63) is 35.4 Å². The van der Waals surface area contributed by atoms with Gasteiger partial charge in [0.15, 0.2) is 0 Å². The Kier molecular flexibility index (Phi) is 6.87. The third kappa shape index (κ3) is 5.77. The molecule has 138 valence electrons. The molecule has 3 amide bonds. The number of rotatable bonds is 5. The predicted octanol–water partition coefficient (Wildman–Crippen LogP) is 3.16. The van der Waals surface area contributed by atoms with Crippen LogP contribution >= 0.6 is 0 Å². The normalized spacial score (nSPS) is 17.6. The summed E-state index contributed by atoms with van der Waals surface area (Å²) >= 11 is 0. The van der Waals surface area contributed by atoms with Gasteiger partial charge in [0.1, 0.15) is 11.6 Å². The fourth-order valence-electron chi connectivity index (χ4n) is 3.08. The fourth-order valence-corrected chi connectivity index (χ4v) is 3.08. The van der Waals surface area contributed by atoms with Crippen LogP contribution in [0.1, 0.15) is 57.6 Å². The highest BCUT2D eigenvalue weighted by Crippen LogP contribution is 2.18. The molecule has 1 fully saturated rings. The van der Waals surface area contributed by atoms with Gasteiger partial charge in [-0.1, -0.05) is 25.3 Å². The summed E-state index contributed by atoms with van der Waals surface area (Å²) in [5.41, 5.74) is 0.257. The highest BCUT2D eigenvalue weighted by atomic mass is 19.1. The van der Waals surface area contributed by atoms with Gasteiger partial charge in [-0.05, 0) is 32.8 Å². The van der Waals surface area contributed by atoms with Crippen LogP contribution in [0, 0.1) is 11.6 Å². The summed E-state index contributed by atoms with van der Waals surface area (Å²) in [6, 6.07) is 1.68. The topological polar surface area (TPSA) is 70.2 Å². The maximum Gasteiger partial charge on any atom is 0.321 e. The van der Waals surface area contributed by atoms with Gasteiger partial charge in [0.2, 0.25) is 5.91 Å². The number of benzene rings is 1. The Bertz CT molecular complexity index is 618. The van der Waals surface area contributed by atoms with Crippen LogP contribution in [0.2, 0.25) is 0 Å². The third-order valence-electron chi connectivity index (χ3n) is 4.50. The fraction of sp³-hybridized carbons (Fsp3) is 0.556. The Morgan fingerprint density at radius 2 is 1.80 bits per heavy atom. The molecular weight excluding hydrogens is 328 g/mol. The van der Waals surface area contributed by atoms with E-state index >= 15 is 0 Å². The van der Waals surface area contributed by atoms with E-state index in [0.717, 1.165) is 31.7 Å². The molecule has 0 aliphatic heterocycles. The van der Waals surface area contributed by atoms with Gasteiger partial charge in [0, 0.05) is 23.7 Å². The summed E-state index contributed by atoms with van der Waals surface area (Å²) < 4.78 is 26.7. The zero-order valence-electron chi connectivity index (χ0n) is 14.6. The second kappa shape index (κ2) is 8.89. The van der Waals surface area contributed by atoms with E-state index in [-0.39, 0.29) is 11.6 Å².